The number of nitrogens with zero attached hydrogens (tertiary/aromatic N) is 1. The number of halogens is 1. The van der Waals surface area contributed by atoms with Crippen LogP contribution in [0.1, 0.15) is 22.8 Å². The van der Waals surface area contributed by atoms with Gasteiger partial charge in [0.1, 0.15) is 0 Å². The van der Waals surface area contributed by atoms with Gasteiger partial charge in [-0.2, -0.15) is 0 Å². The van der Waals surface area contributed by atoms with Crippen LogP contribution in [0.3, 0.4) is 0 Å². The average molecular weight is 430 g/mol. The molecule has 3 aromatic rings. The van der Waals surface area contributed by atoms with E-state index in [0.717, 1.165) is 39.4 Å². The fourth-order valence-corrected chi connectivity index (χ4v) is 3.92. The summed E-state index contributed by atoms with van der Waals surface area (Å²) in [6.45, 7) is 2.47. The van der Waals surface area contributed by atoms with Crippen molar-refractivity contribution in [2.24, 2.45) is 5.14 Å². The van der Waals surface area contributed by atoms with E-state index < -0.39 is 0 Å². The molecule has 0 fully saturated rings. The molecular formula is C21H20ClN3OS2. The maximum atomic E-state index is 12.4. The molecule has 1 amide bonds. The lowest BCUT2D eigenvalue weighted by molar-refractivity contribution is 0.0950. The standard InChI is InChI=1S/C21H20ClN3OS2/c1-2-27-17-7-3-14(4-8-17)20-10-6-16(13-24-20)21(26)25-12-15-5-9-18(28-23)11-19(15)22/h3-11,13H,2,12,23H2,1H3,(H,25,26). The Morgan fingerprint density at radius 2 is 1.86 bits per heavy atom. The lowest BCUT2D eigenvalue weighted by Crippen LogP contribution is -2.23. The monoisotopic (exact) mass is 429 g/mol. The van der Waals surface area contributed by atoms with Gasteiger partial charge in [-0.05, 0) is 59.7 Å². The van der Waals surface area contributed by atoms with Crippen LogP contribution in [-0.4, -0.2) is 16.6 Å². The van der Waals surface area contributed by atoms with Gasteiger partial charge in [-0.15, -0.1) is 11.8 Å². The largest absolute Gasteiger partial charge is 0.348 e. The molecule has 144 valence electrons. The minimum Gasteiger partial charge on any atom is -0.348 e. The highest BCUT2D eigenvalue weighted by Gasteiger charge is 2.09. The average Bonchev–Trinajstić information content (AvgIpc) is 2.73. The number of hydrogen-bond donors (Lipinski definition) is 2. The van der Waals surface area contributed by atoms with Gasteiger partial charge in [0.25, 0.3) is 5.91 Å². The molecule has 0 unspecified atom stereocenters. The predicted molar refractivity (Wildman–Crippen MR) is 119 cm³/mol. The molecule has 0 aliphatic rings. The predicted octanol–water partition coefficient (Wildman–Crippen LogP) is 5.41. The Bertz CT molecular complexity index is 947. The van der Waals surface area contributed by atoms with Crippen LogP contribution in [0.2, 0.25) is 5.02 Å². The first kappa shape index (κ1) is 20.7. The topological polar surface area (TPSA) is 68.0 Å². The maximum absolute atomic E-state index is 12.4. The number of carbonyl (C=O) groups is 1. The highest BCUT2D eigenvalue weighted by Crippen LogP contribution is 2.24. The maximum Gasteiger partial charge on any atom is 0.253 e. The molecule has 0 bridgehead atoms. The van der Waals surface area contributed by atoms with E-state index >= 15 is 0 Å². The zero-order chi connectivity index (χ0) is 19.9. The Balaban J connectivity index is 1.63. The van der Waals surface area contributed by atoms with Gasteiger partial charge in [0.05, 0.1) is 11.3 Å². The second-order valence-electron chi connectivity index (χ2n) is 5.94. The van der Waals surface area contributed by atoms with Crippen LogP contribution in [0.25, 0.3) is 11.3 Å². The highest BCUT2D eigenvalue weighted by atomic mass is 35.5. The minimum atomic E-state index is -0.193. The van der Waals surface area contributed by atoms with Gasteiger partial charge in [0.15, 0.2) is 0 Å². The molecule has 0 saturated carbocycles. The fourth-order valence-electron chi connectivity index (χ4n) is 2.61. The zero-order valence-corrected chi connectivity index (χ0v) is 17.7. The van der Waals surface area contributed by atoms with Crippen molar-refractivity contribution in [3.8, 4) is 11.3 Å². The van der Waals surface area contributed by atoms with Gasteiger partial charge in [0.2, 0.25) is 0 Å². The van der Waals surface area contributed by atoms with Gasteiger partial charge < -0.3 is 5.32 Å². The van der Waals surface area contributed by atoms with Crippen molar-refractivity contribution in [3.63, 3.8) is 0 Å². The Kier molecular flexibility index (Phi) is 7.39. The summed E-state index contributed by atoms with van der Waals surface area (Å²) in [5, 5.41) is 8.97. The van der Waals surface area contributed by atoms with Gasteiger partial charge in [-0.1, -0.05) is 36.7 Å². The normalized spacial score (nSPS) is 10.7. The van der Waals surface area contributed by atoms with Crippen molar-refractivity contribution in [2.75, 3.05) is 5.75 Å². The van der Waals surface area contributed by atoms with Gasteiger partial charge in [0, 0.05) is 33.1 Å². The van der Waals surface area contributed by atoms with Gasteiger partial charge in [-0.3, -0.25) is 14.9 Å². The molecule has 28 heavy (non-hydrogen) atoms. The van der Waals surface area contributed by atoms with E-state index in [1.54, 1.807) is 30.1 Å². The number of benzene rings is 2. The third-order valence-corrected chi connectivity index (χ3v) is 5.86. The number of hydrogen-bond acceptors (Lipinski definition) is 5. The fraction of sp³-hybridized carbons (Fsp3) is 0.143. The molecule has 0 aliphatic carbocycles. The lowest BCUT2D eigenvalue weighted by atomic mass is 10.1. The smallest absolute Gasteiger partial charge is 0.253 e. The first-order valence-corrected chi connectivity index (χ1v) is 11.0. The minimum absolute atomic E-state index is 0.193. The van der Waals surface area contributed by atoms with E-state index in [4.69, 9.17) is 16.7 Å². The van der Waals surface area contributed by atoms with E-state index in [9.17, 15) is 4.79 Å². The number of thioether (sulfide) groups is 1. The molecule has 0 spiro atoms. The molecule has 1 aromatic heterocycles. The highest BCUT2D eigenvalue weighted by molar-refractivity contribution is 7.99. The molecular weight excluding hydrogens is 410 g/mol. The molecule has 4 nitrogen and oxygen atoms in total. The Labute approximate surface area is 178 Å². The zero-order valence-electron chi connectivity index (χ0n) is 15.3. The third kappa shape index (κ3) is 5.29. The number of nitrogens with one attached hydrogen (secondary N) is 1. The summed E-state index contributed by atoms with van der Waals surface area (Å²) >= 11 is 9.16. The van der Waals surface area contributed by atoms with Crippen LogP contribution in [0.4, 0.5) is 0 Å². The van der Waals surface area contributed by atoms with E-state index in [-0.39, 0.29) is 5.91 Å². The first-order valence-electron chi connectivity index (χ1n) is 8.73. The van der Waals surface area contributed by atoms with Crippen LogP contribution in [-0.2, 0) is 6.54 Å². The van der Waals surface area contributed by atoms with Crippen molar-refractivity contribution < 1.29 is 4.79 Å². The second-order valence-corrected chi connectivity index (χ2v) is 8.39. The molecule has 0 atom stereocenters. The molecule has 7 heteroatoms. The van der Waals surface area contributed by atoms with Crippen molar-refractivity contribution in [2.45, 2.75) is 23.3 Å². The summed E-state index contributed by atoms with van der Waals surface area (Å²) in [5.74, 6) is 0.852. The van der Waals surface area contributed by atoms with Crippen molar-refractivity contribution in [1.29, 1.82) is 0 Å². The molecule has 1 heterocycles. The Morgan fingerprint density at radius 3 is 2.46 bits per heavy atom. The van der Waals surface area contributed by atoms with Gasteiger partial charge in [-0.25, -0.2) is 0 Å². The Morgan fingerprint density at radius 1 is 1.11 bits per heavy atom. The number of aromatic nitrogens is 1. The molecule has 0 radical (unpaired) electrons. The van der Waals surface area contributed by atoms with Crippen LogP contribution < -0.4 is 10.5 Å². The Hall–Kier alpha value is -1.99. The van der Waals surface area contributed by atoms with Crippen LogP contribution in [0, 0.1) is 0 Å². The summed E-state index contributed by atoms with van der Waals surface area (Å²) in [7, 11) is 0. The quantitative estimate of drug-likeness (QED) is 0.388. The van der Waals surface area contributed by atoms with E-state index in [1.807, 2.05) is 30.3 Å². The molecule has 3 rings (SSSR count). The number of carbonyl (C=O) groups excluding carboxylic acids is 1. The van der Waals surface area contributed by atoms with Crippen LogP contribution in [0.5, 0.6) is 0 Å². The van der Waals surface area contributed by atoms with Crippen molar-refractivity contribution >= 4 is 41.2 Å². The van der Waals surface area contributed by atoms with Crippen LogP contribution >= 0.6 is 35.3 Å². The SMILES string of the molecule is CCSc1ccc(-c2ccc(C(=O)NCc3ccc(SN)cc3Cl)cn2)cc1. The summed E-state index contributed by atoms with van der Waals surface area (Å²) in [5.41, 5.74) is 3.20. The third-order valence-electron chi connectivity index (χ3n) is 4.09. The van der Waals surface area contributed by atoms with Crippen molar-refractivity contribution in [3.05, 3.63) is 76.9 Å². The first-order chi connectivity index (χ1) is 13.6. The second kappa shape index (κ2) is 9.98. The molecule has 0 aliphatic heterocycles. The number of nitrogens with two attached hydrogens (primary N) is 1. The van der Waals surface area contributed by atoms with Crippen LogP contribution in [0.15, 0.2) is 70.6 Å². The molecule has 3 N–H and O–H groups in total. The molecule has 2 aromatic carbocycles. The van der Waals surface area contributed by atoms with E-state index in [1.165, 1.54) is 4.90 Å². The number of amides is 1. The van der Waals surface area contributed by atoms with E-state index in [0.29, 0.717) is 17.1 Å². The number of pyridine rings is 1. The summed E-state index contributed by atoms with van der Waals surface area (Å²) in [6, 6.07) is 17.4. The number of rotatable bonds is 7. The van der Waals surface area contributed by atoms with Gasteiger partial charge >= 0.3 is 0 Å². The summed E-state index contributed by atoms with van der Waals surface area (Å²) in [4.78, 5) is 18.9. The van der Waals surface area contributed by atoms with Crippen molar-refractivity contribution in [1.82, 2.24) is 10.3 Å². The molecule has 0 saturated heterocycles. The summed E-state index contributed by atoms with van der Waals surface area (Å²) < 4.78 is 0. The van der Waals surface area contributed by atoms with E-state index in [2.05, 4.69) is 29.4 Å². The lowest BCUT2D eigenvalue weighted by Gasteiger charge is -2.09. The summed E-state index contributed by atoms with van der Waals surface area (Å²) in [6.07, 6.45) is 1.59.